The lowest BCUT2D eigenvalue weighted by atomic mass is 10.1. The lowest BCUT2D eigenvalue weighted by Crippen LogP contribution is -2.32. The molecule has 0 amide bonds. The lowest BCUT2D eigenvalue weighted by Gasteiger charge is -2.22. The van der Waals surface area contributed by atoms with Crippen molar-refractivity contribution in [3.8, 4) is 11.5 Å². The Balaban J connectivity index is 1.78. The summed E-state index contributed by atoms with van der Waals surface area (Å²) in [5.41, 5.74) is 2.15. The van der Waals surface area contributed by atoms with E-state index in [-0.39, 0.29) is 23.5 Å². The predicted octanol–water partition coefficient (Wildman–Crippen LogP) is 3.64. The summed E-state index contributed by atoms with van der Waals surface area (Å²) in [5.74, 6) is 0.992. The molecule has 176 valence electrons. The molecule has 0 aliphatic carbocycles. The fraction of sp³-hybridized carbons (Fsp3) is 0.200. The standard InChI is InChI=1S/C25H25N3O5S/c1-17-6-8-21(9-7-17)34(30,31)28(15-18-5-4-10-26-14-18)16-20-11-19-12-23(32-2)24(33-3)13-22(19)27-25(20)29/h4-14H,15-16H2,1-3H3,(H,27,29). The fourth-order valence-corrected chi connectivity index (χ4v) is 5.07. The molecule has 2 aromatic heterocycles. The van der Waals surface area contributed by atoms with Gasteiger partial charge in [0.1, 0.15) is 0 Å². The highest BCUT2D eigenvalue weighted by Crippen LogP contribution is 2.31. The van der Waals surface area contributed by atoms with Crippen molar-refractivity contribution < 1.29 is 17.9 Å². The number of aromatic nitrogens is 2. The van der Waals surface area contributed by atoms with E-state index in [0.29, 0.717) is 33.5 Å². The fourth-order valence-electron chi connectivity index (χ4n) is 3.67. The van der Waals surface area contributed by atoms with Gasteiger partial charge in [0.05, 0.1) is 24.6 Å². The quantitative estimate of drug-likeness (QED) is 0.414. The number of methoxy groups -OCH3 is 2. The zero-order valence-electron chi connectivity index (χ0n) is 19.1. The van der Waals surface area contributed by atoms with Gasteiger partial charge in [-0.3, -0.25) is 9.78 Å². The Kier molecular flexibility index (Phi) is 6.67. The zero-order valence-corrected chi connectivity index (χ0v) is 19.9. The molecule has 1 N–H and O–H groups in total. The first-order valence-corrected chi connectivity index (χ1v) is 12.0. The van der Waals surface area contributed by atoms with E-state index in [2.05, 4.69) is 9.97 Å². The van der Waals surface area contributed by atoms with E-state index in [0.717, 1.165) is 5.56 Å². The maximum Gasteiger partial charge on any atom is 0.252 e. The summed E-state index contributed by atoms with van der Waals surface area (Å²) in [6.45, 7) is 1.83. The summed E-state index contributed by atoms with van der Waals surface area (Å²) in [5, 5.41) is 0.696. The van der Waals surface area contributed by atoms with Crippen LogP contribution in [0.2, 0.25) is 0 Å². The normalized spacial score (nSPS) is 11.6. The number of nitrogens with zero attached hydrogens (tertiary/aromatic N) is 2. The second-order valence-corrected chi connectivity index (χ2v) is 9.80. The van der Waals surface area contributed by atoms with E-state index < -0.39 is 10.0 Å². The molecule has 4 rings (SSSR count). The number of H-pyrrole nitrogens is 1. The molecule has 0 spiro atoms. The maximum absolute atomic E-state index is 13.6. The van der Waals surface area contributed by atoms with Crippen LogP contribution in [-0.4, -0.2) is 36.9 Å². The Hall–Kier alpha value is -3.69. The van der Waals surface area contributed by atoms with Crippen LogP contribution in [0.4, 0.5) is 0 Å². The third kappa shape index (κ3) is 4.80. The topological polar surface area (TPSA) is 102 Å². The minimum Gasteiger partial charge on any atom is -0.493 e. The Morgan fingerprint density at radius 1 is 0.971 bits per heavy atom. The van der Waals surface area contributed by atoms with E-state index >= 15 is 0 Å². The molecule has 8 nitrogen and oxygen atoms in total. The van der Waals surface area contributed by atoms with Gasteiger partial charge < -0.3 is 14.5 Å². The van der Waals surface area contributed by atoms with Gasteiger partial charge in [0.25, 0.3) is 5.56 Å². The number of benzene rings is 2. The molecular formula is C25H25N3O5S. The van der Waals surface area contributed by atoms with Gasteiger partial charge in [-0.05, 0) is 42.8 Å². The summed E-state index contributed by atoms with van der Waals surface area (Å²) < 4.78 is 39.1. The van der Waals surface area contributed by atoms with Crippen LogP contribution in [0.15, 0.2) is 76.7 Å². The number of aryl methyl sites for hydroxylation is 1. The molecular weight excluding hydrogens is 454 g/mol. The smallest absolute Gasteiger partial charge is 0.252 e. The highest BCUT2D eigenvalue weighted by atomic mass is 32.2. The van der Waals surface area contributed by atoms with Gasteiger partial charge in [-0.1, -0.05) is 23.8 Å². The Labute approximate surface area is 197 Å². The molecule has 0 saturated heterocycles. The van der Waals surface area contributed by atoms with Crippen molar-refractivity contribution in [2.45, 2.75) is 24.9 Å². The first kappa shape index (κ1) is 23.5. The number of sulfonamides is 1. The first-order chi connectivity index (χ1) is 16.3. The summed E-state index contributed by atoms with van der Waals surface area (Å²) in [4.78, 5) is 20.0. The molecule has 0 fully saturated rings. The van der Waals surface area contributed by atoms with Crippen LogP contribution < -0.4 is 15.0 Å². The first-order valence-electron chi connectivity index (χ1n) is 10.6. The molecule has 0 unspecified atom stereocenters. The van der Waals surface area contributed by atoms with Crippen molar-refractivity contribution in [1.82, 2.24) is 14.3 Å². The molecule has 34 heavy (non-hydrogen) atoms. The number of aromatic amines is 1. The number of hydrogen-bond donors (Lipinski definition) is 1. The molecule has 0 radical (unpaired) electrons. The van der Waals surface area contributed by atoms with Crippen molar-refractivity contribution in [2.24, 2.45) is 0 Å². The molecule has 0 bridgehead atoms. The summed E-state index contributed by atoms with van der Waals surface area (Å²) in [7, 11) is -0.856. The molecule has 0 atom stereocenters. The van der Waals surface area contributed by atoms with Gasteiger partial charge in [-0.15, -0.1) is 0 Å². The van der Waals surface area contributed by atoms with Crippen LogP contribution in [0.5, 0.6) is 11.5 Å². The van der Waals surface area contributed by atoms with Crippen molar-refractivity contribution in [3.05, 3.63) is 94.0 Å². The van der Waals surface area contributed by atoms with E-state index in [9.17, 15) is 13.2 Å². The average Bonchev–Trinajstić information content (AvgIpc) is 2.84. The van der Waals surface area contributed by atoms with Gasteiger partial charge in [-0.2, -0.15) is 4.31 Å². The molecule has 9 heteroatoms. The monoisotopic (exact) mass is 479 g/mol. The van der Waals surface area contributed by atoms with Gasteiger partial charge in [-0.25, -0.2) is 8.42 Å². The van der Waals surface area contributed by atoms with E-state index in [1.165, 1.54) is 18.5 Å². The van der Waals surface area contributed by atoms with Gasteiger partial charge >= 0.3 is 0 Å². The van der Waals surface area contributed by atoms with Crippen LogP contribution in [0, 0.1) is 6.92 Å². The highest BCUT2D eigenvalue weighted by molar-refractivity contribution is 7.89. The van der Waals surface area contributed by atoms with Crippen LogP contribution in [0.25, 0.3) is 10.9 Å². The Bertz CT molecular complexity index is 1470. The zero-order chi connectivity index (χ0) is 24.3. The molecule has 2 heterocycles. The number of rotatable bonds is 8. The molecule has 2 aromatic carbocycles. The number of ether oxygens (including phenoxy) is 2. The predicted molar refractivity (Wildman–Crippen MR) is 130 cm³/mol. The highest BCUT2D eigenvalue weighted by Gasteiger charge is 2.26. The number of pyridine rings is 2. The summed E-state index contributed by atoms with van der Waals surface area (Å²) in [6.07, 6.45) is 3.23. The largest absolute Gasteiger partial charge is 0.493 e. The van der Waals surface area contributed by atoms with E-state index in [1.807, 2.05) is 6.92 Å². The van der Waals surface area contributed by atoms with E-state index in [1.54, 1.807) is 67.0 Å². The molecule has 0 saturated carbocycles. The molecule has 0 aliphatic rings. The minimum absolute atomic E-state index is 0.0630. The van der Waals surface area contributed by atoms with Crippen molar-refractivity contribution in [1.29, 1.82) is 0 Å². The Morgan fingerprint density at radius 2 is 1.68 bits per heavy atom. The van der Waals surface area contributed by atoms with Crippen molar-refractivity contribution in [2.75, 3.05) is 14.2 Å². The lowest BCUT2D eigenvalue weighted by molar-refractivity contribution is 0.355. The van der Waals surface area contributed by atoms with Gasteiger partial charge in [0.15, 0.2) is 11.5 Å². The third-order valence-corrected chi connectivity index (χ3v) is 7.32. The summed E-state index contributed by atoms with van der Waals surface area (Å²) >= 11 is 0. The second-order valence-electron chi connectivity index (χ2n) is 7.87. The molecule has 0 aliphatic heterocycles. The summed E-state index contributed by atoms with van der Waals surface area (Å²) in [6, 6.07) is 15.3. The second kappa shape index (κ2) is 9.66. The van der Waals surface area contributed by atoms with Crippen LogP contribution in [0.1, 0.15) is 16.7 Å². The van der Waals surface area contributed by atoms with Crippen LogP contribution in [0.3, 0.4) is 0 Å². The number of nitrogens with one attached hydrogen (secondary N) is 1. The van der Waals surface area contributed by atoms with Gasteiger partial charge in [0, 0.05) is 42.5 Å². The van der Waals surface area contributed by atoms with Gasteiger partial charge in [0.2, 0.25) is 10.0 Å². The van der Waals surface area contributed by atoms with Crippen molar-refractivity contribution >= 4 is 20.9 Å². The van der Waals surface area contributed by atoms with Crippen LogP contribution >= 0.6 is 0 Å². The number of hydrogen-bond acceptors (Lipinski definition) is 6. The van der Waals surface area contributed by atoms with Crippen molar-refractivity contribution in [3.63, 3.8) is 0 Å². The number of fused-ring (bicyclic) bond motifs is 1. The third-order valence-electron chi connectivity index (χ3n) is 5.51. The van der Waals surface area contributed by atoms with E-state index in [4.69, 9.17) is 9.47 Å². The van der Waals surface area contributed by atoms with Crippen LogP contribution in [-0.2, 0) is 23.1 Å². The SMILES string of the molecule is COc1cc2cc(CN(Cc3cccnc3)S(=O)(=O)c3ccc(C)cc3)c(=O)[nH]c2cc1OC. The molecule has 4 aromatic rings. The minimum atomic E-state index is -3.90. The maximum atomic E-state index is 13.6. The Morgan fingerprint density at radius 3 is 2.32 bits per heavy atom. The average molecular weight is 480 g/mol.